The molecule has 1 aromatic carbocycles. The van der Waals surface area contributed by atoms with Gasteiger partial charge in [0.25, 0.3) is 0 Å². The minimum absolute atomic E-state index is 0.0593. The maximum Gasteiger partial charge on any atom is 0.402 e. The van der Waals surface area contributed by atoms with Crippen molar-refractivity contribution < 1.29 is 30.7 Å². The third-order valence-corrected chi connectivity index (χ3v) is 3.37. The molecule has 0 radical (unpaired) electrons. The Morgan fingerprint density at radius 3 is 2.00 bits per heavy atom. The second-order valence-electron chi connectivity index (χ2n) is 4.16. The van der Waals surface area contributed by atoms with Crippen molar-refractivity contribution in [2.24, 2.45) is 11.7 Å². The smallest absolute Gasteiger partial charge is 0.327 e. The number of nitrogens with two attached hydrogens (primary N) is 1. The van der Waals surface area contributed by atoms with E-state index in [-0.39, 0.29) is 10.0 Å². The van der Waals surface area contributed by atoms with Gasteiger partial charge >= 0.3 is 12.4 Å². The minimum atomic E-state index is -5.52. The SMILES string of the molecule is NC(Cc1cc(F)ccc1Br)C(C(F)(F)F)C(F)(F)F. The summed E-state index contributed by atoms with van der Waals surface area (Å²) in [6, 6.07) is 0.791. The standard InChI is InChI=1S/C11H9BrF7N/c12-7-2-1-6(13)3-5(7)4-8(20)9(10(14,15)16)11(17,18)19/h1-3,8-9H,4,20H2. The van der Waals surface area contributed by atoms with Crippen LogP contribution in [0.5, 0.6) is 0 Å². The molecule has 0 aliphatic carbocycles. The quantitative estimate of drug-likeness (QED) is 0.796. The molecule has 0 aliphatic rings. The van der Waals surface area contributed by atoms with E-state index >= 15 is 0 Å². The van der Waals surface area contributed by atoms with E-state index in [1.54, 1.807) is 0 Å². The molecule has 1 unspecified atom stereocenters. The molecule has 2 N–H and O–H groups in total. The molecule has 0 bridgehead atoms. The first-order chi connectivity index (χ1) is 8.93. The first-order valence-electron chi connectivity index (χ1n) is 5.26. The average molecular weight is 368 g/mol. The third kappa shape index (κ3) is 4.34. The summed E-state index contributed by atoms with van der Waals surface area (Å²) < 4.78 is 87.9. The maximum atomic E-state index is 13.0. The second kappa shape index (κ2) is 5.88. The van der Waals surface area contributed by atoms with Gasteiger partial charge < -0.3 is 5.73 Å². The van der Waals surface area contributed by atoms with E-state index < -0.39 is 36.6 Å². The minimum Gasteiger partial charge on any atom is -0.327 e. The number of halogens is 8. The van der Waals surface area contributed by atoms with E-state index in [1.807, 2.05) is 0 Å². The Hall–Kier alpha value is -0.830. The van der Waals surface area contributed by atoms with Crippen molar-refractivity contribution in [3.05, 3.63) is 34.1 Å². The van der Waals surface area contributed by atoms with Crippen LogP contribution in [-0.2, 0) is 6.42 Å². The molecule has 0 saturated carbocycles. The van der Waals surface area contributed by atoms with Crippen LogP contribution < -0.4 is 5.73 Å². The molecule has 114 valence electrons. The van der Waals surface area contributed by atoms with Crippen LogP contribution in [0, 0.1) is 11.7 Å². The molecule has 1 nitrogen and oxygen atoms in total. The van der Waals surface area contributed by atoms with Gasteiger partial charge in [-0.1, -0.05) is 15.9 Å². The Morgan fingerprint density at radius 2 is 1.55 bits per heavy atom. The lowest BCUT2D eigenvalue weighted by atomic mass is 9.93. The Balaban J connectivity index is 3.03. The number of hydrogen-bond donors (Lipinski definition) is 1. The van der Waals surface area contributed by atoms with Gasteiger partial charge in [0.2, 0.25) is 0 Å². The molecular weight excluding hydrogens is 359 g/mol. The summed E-state index contributed by atoms with van der Waals surface area (Å²) in [5.74, 6) is -4.43. The molecule has 0 saturated heterocycles. The monoisotopic (exact) mass is 367 g/mol. The molecule has 1 atom stereocenters. The average Bonchev–Trinajstić information content (AvgIpc) is 2.18. The van der Waals surface area contributed by atoms with Gasteiger partial charge in [-0.15, -0.1) is 0 Å². The lowest BCUT2D eigenvalue weighted by molar-refractivity contribution is -0.289. The molecular formula is C11H9BrF7N. The largest absolute Gasteiger partial charge is 0.402 e. The van der Waals surface area contributed by atoms with Gasteiger partial charge in [-0.25, -0.2) is 4.39 Å². The van der Waals surface area contributed by atoms with Crippen LogP contribution in [0.15, 0.2) is 22.7 Å². The summed E-state index contributed by atoms with van der Waals surface area (Å²) in [5, 5.41) is 0. The fourth-order valence-corrected chi connectivity index (χ4v) is 2.15. The summed E-state index contributed by atoms with van der Waals surface area (Å²) in [6.07, 6.45) is -11.8. The number of hydrogen-bond acceptors (Lipinski definition) is 1. The molecule has 0 aliphatic heterocycles. The summed E-state index contributed by atoms with van der Waals surface area (Å²) in [4.78, 5) is 0. The fourth-order valence-electron chi connectivity index (χ4n) is 1.74. The Kier molecular flexibility index (Phi) is 5.07. The van der Waals surface area contributed by atoms with Crippen molar-refractivity contribution in [1.82, 2.24) is 0 Å². The van der Waals surface area contributed by atoms with Crippen LogP contribution in [0.2, 0.25) is 0 Å². The Morgan fingerprint density at radius 1 is 1.05 bits per heavy atom. The number of benzene rings is 1. The molecule has 1 rings (SSSR count). The first kappa shape index (κ1) is 17.2. The molecule has 0 amide bonds. The highest BCUT2D eigenvalue weighted by atomic mass is 79.9. The normalized spacial score (nSPS) is 14.7. The van der Waals surface area contributed by atoms with E-state index in [2.05, 4.69) is 15.9 Å². The van der Waals surface area contributed by atoms with Gasteiger partial charge in [0, 0.05) is 10.5 Å². The van der Waals surface area contributed by atoms with E-state index in [9.17, 15) is 30.7 Å². The number of rotatable bonds is 3. The van der Waals surface area contributed by atoms with Crippen LogP contribution >= 0.6 is 15.9 Å². The summed E-state index contributed by atoms with van der Waals surface area (Å²) in [6.45, 7) is 0. The van der Waals surface area contributed by atoms with Gasteiger partial charge in [0.1, 0.15) is 5.82 Å². The van der Waals surface area contributed by atoms with Gasteiger partial charge in [0.05, 0.1) is 0 Å². The summed E-state index contributed by atoms with van der Waals surface area (Å²) in [5.41, 5.74) is 5.00. The summed E-state index contributed by atoms with van der Waals surface area (Å²) in [7, 11) is 0. The van der Waals surface area contributed by atoms with Crippen molar-refractivity contribution in [2.75, 3.05) is 0 Å². The van der Waals surface area contributed by atoms with E-state index in [4.69, 9.17) is 5.73 Å². The lowest BCUT2D eigenvalue weighted by Crippen LogP contribution is -2.49. The topological polar surface area (TPSA) is 26.0 Å². The molecule has 0 fully saturated rings. The highest BCUT2D eigenvalue weighted by Crippen LogP contribution is 2.41. The molecule has 0 spiro atoms. The van der Waals surface area contributed by atoms with Crippen LogP contribution in [0.4, 0.5) is 30.7 Å². The zero-order valence-electron chi connectivity index (χ0n) is 9.69. The van der Waals surface area contributed by atoms with E-state index in [1.165, 1.54) is 6.07 Å². The van der Waals surface area contributed by atoms with E-state index in [0.29, 0.717) is 0 Å². The zero-order valence-corrected chi connectivity index (χ0v) is 11.3. The molecule has 9 heteroatoms. The second-order valence-corrected chi connectivity index (χ2v) is 5.02. The van der Waals surface area contributed by atoms with Crippen molar-refractivity contribution >= 4 is 15.9 Å². The summed E-state index contributed by atoms with van der Waals surface area (Å²) >= 11 is 2.92. The van der Waals surface area contributed by atoms with Gasteiger partial charge in [0.15, 0.2) is 5.92 Å². The maximum absolute atomic E-state index is 13.0. The van der Waals surface area contributed by atoms with Crippen LogP contribution in [0.25, 0.3) is 0 Å². The highest BCUT2D eigenvalue weighted by molar-refractivity contribution is 9.10. The lowest BCUT2D eigenvalue weighted by Gasteiger charge is -2.28. The molecule has 20 heavy (non-hydrogen) atoms. The fraction of sp³-hybridized carbons (Fsp3) is 0.455. The van der Waals surface area contributed by atoms with Gasteiger partial charge in [-0.2, -0.15) is 26.3 Å². The number of alkyl halides is 6. The van der Waals surface area contributed by atoms with Crippen molar-refractivity contribution in [1.29, 1.82) is 0 Å². The van der Waals surface area contributed by atoms with Gasteiger partial charge in [-0.3, -0.25) is 0 Å². The van der Waals surface area contributed by atoms with Crippen LogP contribution in [0.3, 0.4) is 0 Å². The third-order valence-electron chi connectivity index (χ3n) is 2.60. The van der Waals surface area contributed by atoms with Crippen molar-refractivity contribution in [3.63, 3.8) is 0 Å². The van der Waals surface area contributed by atoms with E-state index in [0.717, 1.165) is 12.1 Å². The zero-order chi connectivity index (χ0) is 15.7. The van der Waals surface area contributed by atoms with Crippen molar-refractivity contribution in [2.45, 2.75) is 24.8 Å². The first-order valence-corrected chi connectivity index (χ1v) is 6.05. The Labute approximate surface area is 118 Å². The highest BCUT2D eigenvalue weighted by Gasteiger charge is 2.59. The van der Waals surface area contributed by atoms with Gasteiger partial charge in [-0.05, 0) is 30.2 Å². The Bertz CT molecular complexity index is 455. The van der Waals surface area contributed by atoms with Crippen LogP contribution in [-0.4, -0.2) is 18.4 Å². The molecule has 0 heterocycles. The van der Waals surface area contributed by atoms with Crippen molar-refractivity contribution in [3.8, 4) is 0 Å². The molecule has 1 aromatic rings. The predicted octanol–water partition coefficient (Wildman–Crippen LogP) is 4.20. The molecule has 0 aromatic heterocycles. The van der Waals surface area contributed by atoms with Crippen LogP contribution in [0.1, 0.15) is 5.56 Å². The predicted molar refractivity (Wildman–Crippen MR) is 61.4 cm³/mol.